The summed E-state index contributed by atoms with van der Waals surface area (Å²) in [5.74, 6) is 0. The Balaban J connectivity index is 3.39. The predicted molar refractivity (Wildman–Crippen MR) is 69.4 cm³/mol. The van der Waals surface area contributed by atoms with Crippen LogP contribution in [0.5, 0.6) is 0 Å². The fourth-order valence-electron chi connectivity index (χ4n) is 1.33. The first-order valence-electron chi connectivity index (χ1n) is 4.81. The van der Waals surface area contributed by atoms with E-state index in [0.717, 1.165) is 0 Å². The molecule has 0 spiro atoms. The highest BCUT2D eigenvalue weighted by Crippen LogP contribution is 2.21. The molecule has 0 aromatic carbocycles. The van der Waals surface area contributed by atoms with Gasteiger partial charge < -0.3 is 4.98 Å². The van der Waals surface area contributed by atoms with Crippen molar-refractivity contribution in [1.82, 2.24) is 9.29 Å². The molecule has 7 heteroatoms. The number of hydrogen-bond acceptors (Lipinski definition) is 3. The highest BCUT2D eigenvalue weighted by Gasteiger charge is 2.23. The summed E-state index contributed by atoms with van der Waals surface area (Å²) in [4.78, 5) is 2.90. The van der Waals surface area contributed by atoms with Gasteiger partial charge in [-0.15, -0.1) is 0 Å². The molecule has 1 N–H and O–H groups in total. The van der Waals surface area contributed by atoms with E-state index in [2.05, 4.69) is 20.9 Å². The van der Waals surface area contributed by atoms with E-state index in [9.17, 15) is 8.42 Å². The number of aromatic amines is 1. The number of nitrogens with zero attached hydrogens (tertiary/aromatic N) is 1. The largest absolute Gasteiger partial charge is 0.365 e. The van der Waals surface area contributed by atoms with Crippen LogP contribution in [-0.4, -0.2) is 30.8 Å². The molecule has 1 heterocycles. The van der Waals surface area contributed by atoms with Crippen molar-refractivity contribution in [1.29, 1.82) is 0 Å². The average Bonchev–Trinajstić information content (AvgIpc) is 2.23. The molecule has 0 atom stereocenters. The molecule has 1 aromatic heterocycles. The van der Waals surface area contributed by atoms with Gasteiger partial charge in [-0.3, -0.25) is 0 Å². The van der Waals surface area contributed by atoms with Crippen LogP contribution >= 0.6 is 28.1 Å². The zero-order valence-electron chi connectivity index (χ0n) is 9.03. The number of aromatic nitrogens is 1. The molecule has 90 valence electrons. The van der Waals surface area contributed by atoms with Gasteiger partial charge in [-0.1, -0.05) is 26.1 Å². The van der Waals surface area contributed by atoms with Gasteiger partial charge in [-0.2, -0.15) is 4.31 Å². The van der Waals surface area contributed by atoms with E-state index in [1.54, 1.807) is 20.0 Å². The zero-order chi connectivity index (χ0) is 12.3. The lowest BCUT2D eigenvalue weighted by Gasteiger charge is -2.18. The van der Waals surface area contributed by atoms with Crippen molar-refractivity contribution in [2.45, 2.75) is 18.7 Å². The Hall–Kier alpha value is -0.240. The van der Waals surface area contributed by atoms with Crippen molar-refractivity contribution in [3.8, 4) is 0 Å². The smallest absolute Gasteiger partial charge is 0.245 e. The van der Waals surface area contributed by atoms with Crippen LogP contribution in [0.1, 0.15) is 13.8 Å². The molecule has 0 unspecified atom stereocenters. The number of rotatable bonds is 4. The second-order valence-corrected chi connectivity index (χ2v) is 6.25. The van der Waals surface area contributed by atoms with Gasteiger partial charge in [0.1, 0.15) is 4.90 Å². The Kier molecular flexibility index (Phi) is 4.66. The molecule has 0 aliphatic carbocycles. The van der Waals surface area contributed by atoms with Gasteiger partial charge in [0.05, 0.1) is 8.98 Å². The molecule has 0 amide bonds. The number of sulfonamides is 1. The van der Waals surface area contributed by atoms with E-state index in [1.165, 1.54) is 10.5 Å². The highest BCUT2D eigenvalue weighted by molar-refractivity contribution is 9.10. The van der Waals surface area contributed by atoms with Crippen LogP contribution in [0.4, 0.5) is 0 Å². The van der Waals surface area contributed by atoms with Crippen molar-refractivity contribution < 1.29 is 8.42 Å². The molecule has 1 aromatic rings. The molecule has 0 saturated carbocycles. The number of hydrogen-bond donors (Lipinski definition) is 1. The van der Waals surface area contributed by atoms with E-state index in [1.807, 2.05) is 0 Å². The lowest BCUT2D eigenvalue weighted by Crippen LogP contribution is -2.30. The second kappa shape index (κ2) is 5.39. The Morgan fingerprint density at radius 1 is 1.38 bits per heavy atom. The lowest BCUT2D eigenvalue weighted by molar-refractivity contribution is 0.444. The fourth-order valence-corrected chi connectivity index (χ4v) is 3.76. The molecule has 16 heavy (non-hydrogen) atoms. The number of H-pyrrole nitrogens is 1. The molecule has 0 bridgehead atoms. The topological polar surface area (TPSA) is 53.2 Å². The van der Waals surface area contributed by atoms with Crippen molar-refractivity contribution in [2.75, 3.05) is 13.1 Å². The van der Waals surface area contributed by atoms with Crippen LogP contribution in [0.2, 0.25) is 0 Å². The average molecular weight is 325 g/mol. The summed E-state index contributed by atoms with van der Waals surface area (Å²) in [7, 11) is -3.49. The molecule has 0 radical (unpaired) electrons. The molecule has 0 aliphatic heterocycles. The molecule has 0 saturated heterocycles. The summed E-state index contributed by atoms with van der Waals surface area (Å²) in [6.45, 7) is 4.46. The summed E-state index contributed by atoms with van der Waals surface area (Å²) >= 11 is 8.30. The first-order chi connectivity index (χ1) is 7.45. The zero-order valence-corrected chi connectivity index (χ0v) is 12.2. The SMILES string of the molecule is CCN(CC)S(=O)(=O)c1c[nH]cc(Br)c1=S. The molecular formula is C9H13BrN2O2S2. The summed E-state index contributed by atoms with van der Waals surface area (Å²) < 4.78 is 26.6. The van der Waals surface area contributed by atoms with Crippen LogP contribution < -0.4 is 0 Å². The van der Waals surface area contributed by atoms with Gasteiger partial charge in [-0.05, 0) is 15.9 Å². The molecule has 0 fully saturated rings. The number of halogens is 1. The highest BCUT2D eigenvalue weighted by atomic mass is 79.9. The first kappa shape index (κ1) is 13.8. The Morgan fingerprint density at radius 2 is 1.94 bits per heavy atom. The Labute approximate surface area is 109 Å². The second-order valence-electron chi connectivity index (χ2n) is 3.09. The quantitative estimate of drug-likeness (QED) is 0.866. The van der Waals surface area contributed by atoms with Crippen molar-refractivity contribution >= 4 is 38.2 Å². The van der Waals surface area contributed by atoms with Gasteiger partial charge in [0.2, 0.25) is 10.0 Å². The van der Waals surface area contributed by atoms with Crippen LogP contribution in [0.15, 0.2) is 21.8 Å². The minimum atomic E-state index is -3.49. The van der Waals surface area contributed by atoms with E-state index < -0.39 is 10.0 Å². The van der Waals surface area contributed by atoms with Crippen molar-refractivity contribution in [3.63, 3.8) is 0 Å². The third-order valence-corrected chi connectivity index (χ3v) is 5.72. The summed E-state index contributed by atoms with van der Waals surface area (Å²) in [5.41, 5.74) is 0. The van der Waals surface area contributed by atoms with Crippen LogP contribution in [-0.2, 0) is 10.0 Å². The lowest BCUT2D eigenvalue weighted by atomic mass is 10.5. The Bertz CT molecular complexity index is 521. The summed E-state index contributed by atoms with van der Waals surface area (Å²) in [6.07, 6.45) is 3.03. The molecule has 0 aliphatic rings. The van der Waals surface area contributed by atoms with E-state index in [4.69, 9.17) is 12.2 Å². The maximum atomic E-state index is 12.2. The van der Waals surface area contributed by atoms with Gasteiger partial charge >= 0.3 is 0 Å². The maximum Gasteiger partial charge on any atom is 0.245 e. The number of nitrogens with one attached hydrogen (secondary N) is 1. The van der Waals surface area contributed by atoms with Gasteiger partial charge in [0.25, 0.3) is 0 Å². The van der Waals surface area contributed by atoms with Gasteiger partial charge in [-0.25, -0.2) is 8.42 Å². The summed E-state index contributed by atoms with van der Waals surface area (Å²) in [6, 6.07) is 0. The van der Waals surface area contributed by atoms with Crippen LogP contribution in [0.25, 0.3) is 0 Å². The predicted octanol–water partition coefficient (Wildman–Crippen LogP) is 2.54. The third kappa shape index (κ3) is 2.53. The van der Waals surface area contributed by atoms with E-state index in [-0.39, 0.29) is 4.90 Å². The van der Waals surface area contributed by atoms with Crippen LogP contribution in [0.3, 0.4) is 0 Å². The van der Waals surface area contributed by atoms with E-state index in [0.29, 0.717) is 22.1 Å². The minimum Gasteiger partial charge on any atom is -0.365 e. The third-order valence-electron chi connectivity index (χ3n) is 2.19. The maximum absolute atomic E-state index is 12.2. The van der Waals surface area contributed by atoms with Crippen molar-refractivity contribution in [3.05, 3.63) is 21.4 Å². The van der Waals surface area contributed by atoms with Gasteiger partial charge in [0, 0.05) is 25.5 Å². The van der Waals surface area contributed by atoms with Crippen molar-refractivity contribution in [2.24, 2.45) is 0 Å². The standard InChI is InChI=1S/C9H13BrN2O2S2/c1-3-12(4-2)16(13,14)8-6-11-5-7(10)9(8)15/h5-6H,3-4H2,1-2H3,(H,11,15). The Morgan fingerprint density at radius 3 is 2.44 bits per heavy atom. The van der Waals surface area contributed by atoms with Crippen LogP contribution in [0, 0.1) is 4.51 Å². The van der Waals surface area contributed by atoms with Gasteiger partial charge in [0.15, 0.2) is 0 Å². The molecular weight excluding hydrogens is 312 g/mol. The number of pyridine rings is 1. The summed E-state index contributed by atoms with van der Waals surface area (Å²) in [5, 5.41) is 0. The van der Waals surface area contributed by atoms with E-state index >= 15 is 0 Å². The first-order valence-corrected chi connectivity index (χ1v) is 7.46. The minimum absolute atomic E-state index is 0.139. The molecule has 4 nitrogen and oxygen atoms in total. The monoisotopic (exact) mass is 324 g/mol. The fraction of sp³-hybridized carbons (Fsp3) is 0.444. The molecule has 1 rings (SSSR count). The normalized spacial score (nSPS) is 12.0.